The lowest BCUT2D eigenvalue weighted by molar-refractivity contribution is -0.138. The van der Waals surface area contributed by atoms with E-state index in [1.165, 1.54) is 49.6 Å². The lowest BCUT2D eigenvalue weighted by atomic mass is 9.95. The Labute approximate surface area is 207 Å². The number of carbonyl (C=O) groups is 1. The summed E-state index contributed by atoms with van der Waals surface area (Å²) in [4.78, 5) is 12.4. The number of oxime groups is 1. The normalized spacial score (nSPS) is 15.3. The van der Waals surface area contributed by atoms with Crippen LogP contribution in [0.2, 0.25) is 0 Å². The van der Waals surface area contributed by atoms with Crippen LogP contribution in [-0.4, -0.2) is 23.9 Å². The Hall–Kier alpha value is -4.28. The minimum absolute atomic E-state index is 0.210. The molecule has 0 heterocycles. The topological polar surface area (TPSA) is 70.9 Å². The molecule has 1 aliphatic carbocycles. The summed E-state index contributed by atoms with van der Waals surface area (Å²) < 4.78 is 82.8. The van der Waals surface area contributed by atoms with E-state index in [0.717, 1.165) is 30.3 Å². The van der Waals surface area contributed by atoms with Crippen LogP contribution < -0.4 is 5.32 Å². The summed E-state index contributed by atoms with van der Waals surface area (Å²) in [6, 6.07) is 8.25. The number of nitrogens with one attached hydrogen (secondary N) is 1. The summed E-state index contributed by atoms with van der Waals surface area (Å²) in [6.45, 7) is 0. The number of allylic oxidation sites excluding steroid dienone is 5. The van der Waals surface area contributed by atoms with E-state index in [9.17, 15) is 31.1 Å². The highest BCUT2D eigenvalue weighted by Gasteiger charge is 2.31. The molecule has 0 aliphatic heterocycles. The molecule has 0 spiro atoms. The van der Waals surface area contributed by atoms with E-state index in [0.29, 0.717) is 22.4 Å². The average molecular weight is 522 g/mol. The Balaban J connectivity index is 1.88. The van der Waals surface area contributed by atoms with Crippen LogP contribution in [0.5, 0.6) is 0 Å². The molecular formula is C26H20F6N2O3. The van der Waals surface area contributed by atoms with Gasteiger partial charge < -0.3 is 15.3 Å². The molecule has 0 atom stereocenters. The van der Waals surface area contributed by atoms with Gasteiger partial charge in [0.05, 0.1) is 18.2 Å². The second-order valence-electron chi connectivity index (χ2n) is 7.70. The van der Waals surface area contributed by atoms with E-state index in [-0.39, 0.29) is 17.9 Å². The number of rotatable bonds is 6. The fourth-order valence-corrected chi connectivity index (χ4v) is 3.40. The van der Waals surface area contributed by atoms with E-state index in [1.807, 2.05) is 0 Å². The molecule has 37 heavy (non-hydrogen) atoms. The highest BCUT2D eigenvalue weighted by atomic mass is 19.4. The quantitative estimate of drug-likeness (QED) is 0.150. The molecule has 0 aromatic heterocycles. The van der Waals surface area contributed by atoms with Crippen LogP contribution in [0.1, 0.15) is 28.7 Å². The second-order valence-corrected chi connectivity index (χ2v) is 7.70. The fraction of sp³-hybridized carbons (Fsp3) is 0.154. The number of hydrogen-bond acceptors (Lipinski definition) is 4. The molecule has 5 nitrogen and oxygen atoms in total. The maximum atomic E-state index is 13.0. The molecule has 0 fully saturated rings. The average Bonchev–Trinajstić information content (AvgIpc) is 2.85. The van der Waals surface area contributed by atoms with Crippen LogP contribution in [0.25, 0.3) is 5.57 Å². The van der Waals surface area contributed by atoms with Gasteiger partial charge in [-0.3, -0.25) is 4.79 Å². The largest absolute Gasteiger partial charge is 0.495 e. The van der Waals surface area contributed by atoms with Gasteiger partial charge in [-0.1, -0.05) is 47.6 Å². The van der Waals surface area contributed by atoms with Crippen molar-refractivity contribution in [2.45, 2.75) is 18.8 Å². The van der Waals surface area contributed by atoms with Crippen molar-refractivity contribution in [3.05, 3.63) is 113 Å². The number of ether oxygens (including phenoxy) is 1. The number of amides is 1. The molecule has 3 rings (SSSR count). The van der Waals surface area contributed by atoms with Gasteiger partial charge in [0.25, 0.3) is 0 Å². The summed E-state index contributed by atoms with van der Waals surface area (Å²) in [6.07, 6.45) is -1.97. The summed E-state index contributed by atoms with van der Waals surface area (Å²) in [5.41, 5.74) is -0.195. The smallest absolute Gasteiger partial charge is 0.416 e. The lowest BCUT2D eigenvalue weighted by Gasteiger charge is -2.14. The van der Waals surface area contributed by atoms with Gasteiger partial charge in [-0.05, 0) is 41.0 Å². The van der Waals surface area contributed by atoms with Gasteiger partial charge >= 0.3 is 12.4 Å². The van der Waals surface area contributed by atoms with E-state index in [1.54, 1.807) is 6.08 Å². The molecule has 0 radical (unpaired) electrons. The van der Waals surface area contributed by atoms with Gasteiger partial charge in [0.15, 0.2) is 0 Å². The van der Waals surface area contributed by atoms with Crippen LogP contribution in [0.15, 0.2) is 95.5 Å². The zero-order valence-electron chi connectivity index (χ0n) is 19.2. The zero-order valence-corrected chi connectivity index (χ0v) is 19.2. The molecule has 1 aliphatic rings. The van der Waals surface area contributed by atoms with Crippen LogP contribution >= 0.6 is 0 Å². The van der Waals surface area contributed by atoms with E-state index >= 15 is 0 Å². The number of carbonyl (C=O) groups excluding carboxylic acids is 1. The predicted octanol–water partition coefficient (Wildman–Crippen LogP) is 6.48. The van der Waals surface area contributed by atoms with Crippen molar-refractivity contribution in [1.29, 1.82) is 0 Å². The SMILES string of the molecule is COC1=CC(NC(=O)/C=C/C=C(c2ccc(C(F)(F)F)cc2)c2ccc(C(F)(F)F)cc2)=CCC1=NO. The number of nitrogens with zero attached hydrogens (tertiary/aromatic N) is 1. The standard InChI is InChI=1S/C26H20F6N2O3/c1-37-23-15-20(13-14-22(23)34-36)33-24(35)4-2-3-21(16-5-9-18(10-6-16)25(27,28)29)17-7-11-19(12-8-17)26(30,31)32/h2-13,15,36H,14H2,1H3,(H,33,35)/b4-2+,34-22?. The number of alkyl halides is 6. The first-order valence-electron chi connectivity index (χ1n) is 10.6. The van der Waals surface area contributed by atoms with Crippen molar-refractivity contribution in [3.63, 3.8) is 0 Å². The zero-order chi connectivity index (χ0) is 27.2. The minimum atomic E-state index is -4.55. The monoisotopic (exact) mass is 522 g/mol. The lowest BCUT2D eigenvalue weighted by Crippen LogP contribution is -2.22. The van der Waals surface area contributed by atoms with Crippen LogP contribution in [0, 0.1) is 0 Å². The Bertz CT molecular complexity index is 1220. The van der Waals surface area contributed by atoms with Crippen molar-refractivity contribution >= 4 is 17.2 Å². The van der Waals surface area contributed by atoms with E-state index < -0.39 is 29.4 Å². The molecule has 0 bridgehead atoms. The number of halogens is 6. The first-order valence-corrected chi connectivity index (χ1v) is 10.6. The second kappa shape index (κ2) is 11.2. The number of methoxy groups -OCH3 is 1. The number of hydrogen-bond donors (Lipinski definition) is 2. The third kappa shape index (κ3) is 7.12. The molecule has 194 valence electrons. The van der Waals surface area contributed by atoms with Gasteiger partial charge in [-0.15, -0.1) is 0 Å². The fourth-order valence-electron chi connectivity index (χ4n) is 3.40. The molecular weight excluding hydrogens is 502 g/mol. The highest BCUT2D eigenvalue weighted by molar-refractivity contribution is 6.01. The van der Waals surface area contributed by atoms with Crippen LogP contribution in [-0.2, 0) is 21.9 Å². The highest BCUT2D eigenvalue weighted by Crippen LogP contribution is 2.33. The summed E-state index contributed by atoms with van der Waals surface area (Å²) in [5, 5.41) is 14.6. The molecule has 2 N–H and O–H groups in total. The van der Waals surface area contributed by atoms with Crippen molar-refractivity contribution in [2.75, 3.05) is 7.11 Å². The van der Waals surface area contributed by atoms with Crippen molar-refractivity contribution in [3.8, 4) is 0 Å². The van der Waals surface area contributed by atoms with Crippen molar-refractivity contribution in [2.24, 2.45) is 5.16 Å². The summed E-state index contributed by atoms with van der Waals surface area (Å²) >= 11 is 0. The molecule has 0 saturated carbocycles. The Morgan fingerprint density at radius 3 is 1.89 bits per heavy atom. The van der Waals surface area contributed by atoms with Gasteiger partial charge in [0.2, 0.25) is 5.91 Å². The maximum Gasteiger partial charge on any atom is 0.416 e. The summed E-state index contributed by atoms with van der Waals surface area (Å²) in [5.74, 6) is -0.297. The maximum absolute atomic E-state index is 13.0. The predicted molar refractivity (Wildman–Crippen MR) is 124 cm³/mol. The van der Waals surface area contributed by atoms with Gasteiger partial charge in [-0.2, -0.15) is 26.3 Å². The minimum Gasteiger partial charge on any atom is -0.495 e. The van der Waals surface area contributed by atoms with Crippen molar-refractivity contribution < 1.29 is 41.1 Å². The molecule has 2 aromatic rings. The van der Waals surface area contributed by atoms with E-state index in [4.69, 9.17) is 9.94 Å². The Kier molecular flexibility index (Phi) is 8.26. The Morgan fingerprint density at radius 2 is 1.46 bits per heavy atom. The molecule has 2 aromatic carbocycles. The van der Waals surface area contributed by atoms with Gasteiger partial charge in [0.1, 0.15) is 11.5 Å². The van der Waals surface area contributed by atoms with Gasteiger partial charge in [-0.25, -0.2) is 0 Å². The van der Waals surface area contributed by atoms with Crippen molar-refractivity contribution in [1.82, 2.24) is 5.32 Å². The first kappa shape index (κ1) is 27.3. The number of benzene rings is 2. The third-order valence-corrected chi connectivity index (χ3v) is 5.25. The van der Waals surface area contributed by atoms with Crippen LogP contribution in [0.4, 0.5) is 26.3 Å². The molecule has 0 saturated heterocycles. The Morgan fingerprint density at radius 1 is 0.946 bits per heavy atom. The molecule has 11 heteroatoms. The molecule has 1 amide bonds. The third-order valence-electron chi connectivity index (χ3n) is 5.25. The first-order chi connectivity index (χ1) is 17.4. The molecule has 0 unspecified atom stereocenters. The van der Waals surface area contributed by atoms with E-state index in [2.05, 4.69) is 10.5 Å². The summed E-state index contributed by atoms with van der Waals surface area (Å²) in [7, 11) is 1.37. The van der Waals surface area contributed by atoms with Gasteiger partial charge in [0, 0.05) is 24.3 Å². The van der Waals surface area contributed by atoms with Crippen LogP contribution in [0.3, 0.4) is 0 Å².